The molecule has 0 aliphatic carbocycles. The number of hydrogen-bond donors (Lipinski definition) is 0. The van der Waals surface area contributed by atoms with Gasteiger partial charge >= 0.3 is 6.78 Å². The summed E-state index contributed by atoms with van der Waals surface area (Å²) in [5.41, 5.74) is 0. The van der Waals surface area contributed by atoms with E-state index in [0.29, 0.717) is 18.9 Å². The predicted molar refractivity (Wildman–Crippen MR) is 91.3 cm³/mol. The van der Waals surface area contributed by atoms with Crippen LogP contribution in [0, 0.1) is 0 Å². The molecule has 6 nitrogen and oxygen atoms in total. The van der Waals surface area contributed by atoms with E-state index in [2.05, 4.69) is 13.5 Å². The lowest BCUT2D eigenvalue weighted by atomic mass is 10.3. The minimum atomic E-state index is -3.06. The second-order valence-electron chi connectivity index (χ2n) is 4.33. The average Bonchev–Trinajstić information content (AvgIpc) is 2.67. The number of para-hydroxylation sites is 1. The van der Waals surface area contributed by atoms with E-state index >= 15 is 0 Å². The average molecular weight is 408 g/mol. The Morgan fingerprint density at radius 2 is 1.86 bits per heavy atom. The Bertz CT molecular complexity index is 720. The van der Waals surface area contributed by atoms with Gasteiger partial charge in [-0.25, -0.2) is 4.67 Å². The van der Waals surface area contributed by atoms with Gasteiger partial charge in [-0.3, -0.25) is 0 Å². The Balaban J connectivity index is 2.10. The highest BCUT2D eigenvalue weighted by molar-refractivity contribution is 8.15. The molecule has 0 aromatic heterocycles. The molecule has 0 saturated carbocycles. The van der Waals surface area contributed by atoms with E-state index in [1.54, 1.807) is 12.1 Å². The summed E-state index contributed by atoms with van der Waals surface area (Å²) in [4.78, 5) is 0. The van der Waals surface area contributed by atoms with Crippen LogP contribution < -0.4 is 4.52 Å². The molecule has 2 atom stereocenters. The third-order valence-electron chi connectivity index (χ3n) is 2.76. The molecular formula is C9H12Cl3N4O2P3. The van der Waals surface area contributed by atoms with Gasteiger partial charge in [0.2, 0.25) is 0 Å². The molecule has 1 aromatic carbocycles. The molecule has 2 heterocycles. The lowest BCUT2D eigenvalue weighted by molar-refractivity contribution is 0.390. The molecule has 0 N–H and O–H groups in total. The molecule has 21 heavy (non-hydrogen) atoms. The normalized spacial score (nSPS) is 34.9. The maximum atomic E-state index is 6.50. The molecule has 3 rings (SSSR count). The van der Waals surface area contributed by atoms with Crippen molar-refractivity contribution in [1.82, 2.24) is 4.67 Å². The second-order valence-corrected chi connectivity index (χ2v) is 15.2. The van der Waals surface area contributed by atoms with E-state index < -0.39 is 20.3 Å². The largest absolute Gasteiger partial charge is 0.431 e. The fourth-order valence-corrected chi connectivity index (χ4v) is 15.4. The third kappa shape index (κ3) is 3.54. The van der Waals surface area contributed by atoms with Crippen LogP contribution >= 0.6 is 54.0 Å². The van der Waals surface area contributed by atoms with Gasteiger partial charge in [0.15, 0.2) is 0 Å². The molecule has 0 unspecified atom stereocenters. The van der Waals surface area contributed by atoms with E-state index in [-0.39, 0.29) is 0 Å². The van der Waals surface area contributed by atoms with Crippen LogP contribution in [0.1, 0.15) is 0 Å². The van der Waals surface area contributed by atoms with Gasteiger partial charge < -0.3 is 9.05 Å². The zero-order chi connectivity index (χ0) is 15.1. The molecule has 2 aliphatic heterocycles. The van der Waals surface area contributed by atoms with Crippen molar-refractivity contribution in [3.63, 3.8) is 0 Å². The van der Waals surface area contributed by atoms with E-state index in [1.807, 2.05) is 29.9 Å². The lowest BCUT2D eigenvalue weighted by Gasteiger charge is -2.28. The molecule has 116 valence electrons. The van der Waals surface area contributed by atoms with Crippen molar-refractivity contribution < 1.29 is 9.05 Å². The van der Waals surface area contributed by atoms with E-state index in [4.69, 9.17) is 42.8 Å². The summed E-state index contributed by atoms with van der Waals surface area (Å²) in [7, 11) is -0.787. The van der Waals surface area contributed by atoms with E-state index in [9.17, 15) is 0 Å². The highest BCUT2D eigenvalue weighted by atomic mass is 35.9. The van der Waals surface area contributed by atoms with E-state index in [1.165, 1.54) is 0 Å². The highest BCUT2D eigenvalue weighted by Gasteiger charge is 2.42. The zero-order valence-electron chi connectivity index (χ0n) is 10.9. The minimum Gasteiger partial charge on any atom is -0.431 e. The van der Waals surface area contributed by atoms with Gasteiger partial charge in [0.1, 0.15) is 5.75 Å². The molecule has 1 fully saturated rings. The number of likely N-dealkylation sites (N-methyl/N-ethyl adjacent to an activating group) is 1. The highest BCUT2D eigenvalue weighted by Crippen LogP contribution is 2.84. The standard InChI is InChI=1S/C9H12Cl3N4O2P3/c1-16-7-8-17-21(16)14-19(10,11)13-20(12,15-21)18-9-5-3-2-4-6-9/h2-6H,7-8H2,1H3/t20-,21+/m0/s1. The Labute approximate surface area is 137 Å². The summed E-state index contributed by atoms with van der Waals surface area (Å²) in [5.74, 6) is -2.41. The van der Waals surface area contributed by atoms with Crippen molar-refractivity contribution in [2.24, 2.45) is 13.5 Å². The van der Waals surface area contributed by atoms with Gasteiger partial charge in [0.25, 0.3) is 13.5 Å². The first-order valence-electron chi connectivity index (χ1n) is 5.94. The van der Waals surface area contributed by atoms with Crippen molar-refractivity contribution in [1.29, 1.82) is 0 Å². The van der Waals surface area contributed by atoms with Crippen LogP contribution in [-0.2, 0) is 4.52 Å². The van der Waals surface area contributed by atoms with Crippen molar-refractivity contribution >= 4 is 54.0 Å². The van der Waals surface area contributed by atoms with Crippen LogP contribution in [0.3, 0.4) is 0 Å². The Morgan fingerprint density at radius 1 is 1.14 bits per heavy atom. The number of hydrogen-bond acceptors (Lipinski definition) is 6. The van der Waals surface area contributed by atoms with Crippen LogP contribution in [0.4, 0.5) is 0 Å². The van der Waals surface area contributed by atoms with Gasteiger partial charge in [-0.2, -0.15) is 13.5 Å². The van der Waals surface area contributed by atoms with Gasteiger partial charge in [-0.1, -0.05) is 18.2 Å². The third-order valence-corrected chi connectivity index (χ3v) is 14.0. The van der Waals surface area contributed by atoms with Crippen molar-refractivity contribution in [2.75, 3.05) is 20.2 Å². The summed E-state index contributed by atoms with van der Waals surface area (Å²) in [6, 6.07) is 9.08. The molecule has 0 amide bonds. The van der Waals surface area contributed by atoms with Gasteiger partial charge in [-0.05, 0) is 52.9 Å². The summed E-state index contributed by atoms with van der Waals surface area (Å²) in [5, 5.41) is 0. The SMILES string of the molecule is CN1CCO[P@@]12=NP(Cl)(Cl)=N[P@](Cl)(Oc1ccccc1)=N2. The molecule has 1 saturated heterocycles. The number of rotatable bonds is 2. The maximum absolute atomic E-state index is 6.50. The van der Waals surface area contributed by atoms with Gasteiger partial charge in [-0.15, -0.1) is 0 Å². The molecular weight excluding hydrogens is 395 g/mol. The topological polar surface area (TPSA) is 58.8 Å². The van der Waals surface area contributed by atoms with Crippen LogP contribution in [0.2, 0.25) is 0 Å². The molecule has 2 aliphatic rings. The van der Waals surface area contributed by atoms with Crippen LogP contribution in [-0.4, -0.2) is 24.9 Å². The van der Waals surface area contributed by atoms with Gasteiger partial charge in [0, 0.05) is 6.54 Å². The second kappa shape index (κ2) is 5.85. The Morgan fingerprint density at radius 3 is 2.48 bits per heavy atom. The van der Waals surface area contributed by atoms with Crippen LogP contribution in [0.15, 0.2) is 43.9 Å². The van der Waals surface area contributed by atoms with Crippen molar-refractivity contribution in [3.8, 4) is 5.75 Å². The first kappa shape index (κ1) is 16.4. The summed E-state index contributed by atoms with van der Waals surface area (Å²) < 4.78 is 26.4. The molecule has 0 bridgehead atoms. The summed E-state index contributed by atoms with van der Waals surface area (Å²) in [6.45, 7) is -1.86. The molecule has 0 radical (unpaired) electrons. The number of benzene rings is 1. The lowest BCUT2D eigenvalue weighted by Crippen LogP contribution is -2.08. The maximum Gasteiger partial charge on any atom is 0.351 e. The zero-order valence-corrected chi connectivity index (χ0v) is 15.8. The fraction of sp³-hybridized carbons (Fsp3) is 0.333. The van der Waals surface area contributed by atoms with E-state index in [0.717, 1.165) is 0 Å². The fourth-order valence-electron chi connectivity index (χ4n) is 1.83. The van der Waals surface area contributed by atoms with Crippen LogP contribution in [0.5, 0.6) is 5.75 Å². The predicted octanol–water partition coefficient (Wildman–Crippen LogP) is 6.60. The minimum absolute atomic E-state index is 0.507. The smallest absolute Gasteiger partial charge is 0.351 e. The quantitative estimate of drug-likeness (QED) is 0.519. The monoisotopic (exact) mass is 406 g/mol. The van der Waals surface area contributed by atoms with Crippen molar-refractivity contribution in [2.45, 2.75) is 0 Å². The first-order valence-corrected chi connectivity index (χ1v) is 13.5. The summed E-state index contributed by atoms with van der Waals surface area (Å²) >= 11 is 19.0. The molecule has 12 heteroatoms. The molecule has 1 spiro atoms. The Hall–Kier alpha value is 0.500. The number of halogens is 3. The van der Waals surface area contributed by atoms with Crippen LogP contribution in [0.25, 0.3) is 0 Å². The first-order chi connectivity index (χ1) is 9.83. The molecule has 1 aromatic rings. The summed E-state index contributed by atoms with van der Waals surface area (Å²) in [6.07, 6.45) is 0. The number of nitrogens with zero attached hydrogens (tertiary/aromatic N) is 4. The Kier molecular flexibility index (Phi) is 4.56. The van der Waals surface area contributed by atoms with Crippen molar-refractivity contribution in [3.05, 3.63) is 30.3 Å². The van der Waals surface area contributed by atoms with Gasteiger partial charge in [0.05, 0.1) is 6.61 Å².